The van der Waals surface area contributed by atoms with Gasteiger partial charge in [0.1, 0.15) is 0 Å². The van der Waals surface area contributed by atoms with Crippen LogP contribution in [0.5, 0.6) is 0 Å². The van der Waals surface area contributed by atoms with Gasteiger partial charge < -0.3 is 16.4 Å². The van der Waals surface area contributed by atoms with Crippen molar-refractivity contribution in [2.45, 2.75) is 6.92 Å². The molecule has 4 N–H and O–H groups in total. The van der Waals surface area contributed by atoms with Gasteiger partial charge in [0.15, 0.2) is 10.2 Å². The first-order valence-electron chi connectivity index (χ1n) is 4.79. The van der Waals surface area contributed by atoms with Crippen molar-refractivity contribution < 1.29 is 4.79 Å². The summed E-state index contributed by atoms with van der Waals surface area (Å²) >= 11 is 6.16. The van der Waals surface area contributed by atoms with Crippen LogP contribution in [0, 0.1) is 0 Å². The number of nitrogens with one attached hydrogen (secondary N) is 2. The molecular weight excluding hydrogens is 256 g/mol. The number of benzene rings is 1. The van der Waals surface area contributed by atoms with Gasteiger partial charge in [0.05, 0.1) is 10.2 Å². The molecule has 5 nitrogen and oxygen atoms in total. The average molecular weight is 266 g/mol. The third-order valence-electron chi connectivity index (χ3n) is 1.94. The number of amides is 1. The molecule has 7 heteroatoms. The van der Waals surface area contributed by atoms with Gasteiger partial charge in [0.2, 0.25) is 5.91 Å². The summed E-state index contributed by atoms with van der Waals surface area (Å²) < 4.78 is 0.954. The smallest absolute Gasteiger partial charge is 0.223 e. The summed E-state index contributed by atoms with van der Waals surface area (Å²) in [5.41, 5.74) is 7.03. The highest BCUT2D eigenvalue weighted by molar-refractivity contribution is 7.80. The van der Waals surface area contributed by atoms with Crippen molar-refractivity contribution in [1.29, 1.82) is 0 Å². The number of carbonyl (C=O) groups excluding carboxylic acids is 1. The fraction of sp³-hybridized carbons (Fsp3) is 0.100. The molecule has 17 heavy (non-hydrogen) atoms. The number of thiazole rings is 1. The SMILES string of the molecule is CC(=O)Nc1nc2ccc(NC(N)=S)cc2s1. The molecule has 0 aliphatic rings. The highest BCUT2D eigenvalue weighted by Crippen LogP contribution is 2.28. The van der Waals surface area contributed by atoms with E-state index in [1.807, 2.05) is 18.2 Å². The number of nitrogens with zero attached hydrogens (tertiary/aromatic N) is 1. The lowest BCUT2D eigenvalue weighted by Crippen LogP contribution is -2.18. The van der Waals surface area contributed by atoms with Crippen LogP contribution < -0.4 is 16.4 Å². The Morgan fingerprint density at radius 1 is 1.47 bits per heavy atom. The van der Waals surface area contributed by atoms with E-state index in [2.05, 4.69) is 15.6 Å². The van der Waals surface area contributed by atoms with Crippen LogP contribution in [0.25, 0.3) is 10.2 Å². The number of thiocarbonyl (C=S) groups is 1. The summed E-state index contributed by atoms with van der Waals surface area (Å²) in [5.74, 6) is -0.134. The molecule has 0 aliphatic heterocycles. The van der Waals surface area contributed by atoms with Crippen LogP contribution in [0.1, 0.15) is 6.92 Å². The van der Waals surface area contributed by atoms with E-state index in [1.54, 1.807) is 0 Å². The van der Waals surface area contributed by atoms with Crippen LogP contribution in [0.2, 0.25) is 0 Å². The molecule has 0 aliphatic carbocycles. The van der Waals surface area contributed by atoms with Gasteiger partial charge in [-0.3, -0.25) is 4.79 Å². The Morgan fingerprint density at radius 2 is 2.24 bits per heavy atom. The number of anilines is 2. The minimum atomic E-state index is -0.134. The molecule has 0 atom stereocenters. The van der Waals surface area contributed by atoms with Crippen molar-refractivity contribution in [3.63, 3.8) is 0 Å². The summed E-state index contributed by atoms with van der Waals surface area (Å²) in [6.07, 6.45) is 0. The highest BCUT2D eigenvalue weighted by atomic mass is 32.1. The normalized spacial score (nSPS) is 10.2. The molecule has 88 valence electrons. The number of fused-ring (bicyclic) bond motifs is 1. The third-order valence-corrected chi connectivity index (χ3v) is 2.97. The second kappa shape index (κ2) is 4.64. The monoisotopic (exact) mass is 266 g/mol. The molecule has 1 heterocycles. The average Bonchev–Trinajstić information content (AvgIpc) is 2.56. The quantitative estimate of drug-likeness (QED) is 0.724. The van der Waals surface area contributed by atoms with Gasteiger partial charge >= 0.3 is 0 Å². The maximum atomic E-state index is 10.9. The van der Waals surface area contributed by atoms with Crippen molar-refractivity contribution in [2.75, 3.05) is 10.6 Å². The number of carbonyl (C=O) groups is 1. The van der Waals surface area contributed by atoms with Crippen molar-refractivity contribution >= 4 is 55.6 Å². The van der Waals surface area contributed by atoms with Crippen molar-refractivity contribution in [1.82, 2.24) is 4.98 Å². The maximum Gasteiger partial charge on any atom is 0.223 e. The van der Waals surface area contributed by atoms with E-state index in [1.165, 1.54) is 18.3 Å². The van der Waals surface area contributed by atoms with Crippen LogP contribution >= 0.6 is 23.6 Å². The molecule has 0 saturated heterocycles. The van der Waals surface area contributed by atoms with Crippen LogP contribution in [0.15, 0.2) is 18.2 Å². The topological polar surface area (TPSA) is 80.0 Å². The minimum absolute atomic E-state index is 0.134. The predicted molar refractivity (Wildman–Crippen MR) is 74.3 cm³/mol. The Bertz CT molecular complexity index is 579. The summed E-state index contributed by atoms with van der Waals surface area (Å²) in [4.78, 5) is 15.2. The van der Waals surface area contributed by atoms with Gasteiger partial charge in [-0.05, 0) is 30.4 Å². The summed E-state index contributed by atoms with van der Waals surface area (Å²) in [5, 5.41) is 6.30. The Labute approximate surface area is 107 Å². The molecule has 1 aromatic carbocycles. The minimum Gasteiger partial charge on any atom is -0.376 e. The van der Waals surface area contributed by atoms with E-state index < -0.39 is 0 Å². The zero-order chi connectivity index (χ0) is 12.4. The van der Waals surface area contributed by atoms with Gasteiger partial charge in [-0.25, -0.2) is 4.98 Å². The molecule has 1 aromatic heterocycles. The fourth-order valence-electron chi connectivity index (χ4n) is 1.35. The van der Waals surface area contributed by atoms with Gasteiger partial charge in [0.25, 0.3) is 0 Å². The van der Waals surface area contributed by atoms with E-state index in [4.69, 9.17) is 18.0 Å². The standard InChI is InChI=1S/C10H10N4OS2/c1-5(15)12-10-14-7-3-2-6(13-9(11)16)4-8(7)17-10/h2-4H,1H3,(H3,11,13,16)(H,12,14,15). The van der Waals surface area contributed by atoms with Gasteiger partial charge in [0, 0.05) is 12.6 Å². The van der Waals surface area contributed by atoms with Crippen LogP contribution in [0.3, 0.4) is 0 Å². The summed E-state index contributed by atoms with van der Waals surface area (Å²) in [7, 11) is 0. The van der Waals surface area contributed by atoms with Crippen LogP contribution in [-0.2, 0) is 4.79 Å². The van der Waals surface area contributed by atoms with Crippen LogP contribution in [-0.4, -0.2) is 16.0 Å². The Balaban J connectivity index is 2.33. The number of aromatic nitrogens is 1. The van der Waals surface area contributed by atoms with E-state index in [0.717, 1.165) is 15.9 Å². The lowest BCUT2D eigenvalue weighted by Gasteiger charge is -2.01. The summed E-state index contributed by atoms with van der Waals surface area (Å²) in [6, 6.07) is 5.56. The molecule has 0 bridgehead atoms. The molecule has 0 radical (unpaired) electrons. The zero-order valence-corrected chi connectivity index (χ0v) is 10.6. The molecule has 0 spiro atoms. The Morgan fingerprint density at radius 3 is 2.88 bits per heavy atom. The molecule has 2 rings (SSSR count). The first-order chi connectivity index (χ1) is 8.04. The van der Waals surface area contributed by atoms with E-state index in [-0.39, 0.29) is 11.0 Å². The lowest BCUT2D eigenvalue weighted by atomic mass is 10.3. The van der Waals surface area contributed by atoms with Crippen LogP contribution in [0.4, 0.5) is 10.8 Å². The molecule has 0 saturated carbocycles. The predicted octanol–water partition coefficient (Wildman–Crippen LogP) is 1.91. The van der Waals surface area contributed by atoms with E-state index in [0.29, 0.717) is 5.13 Å². The Kier molecular flexibility index (Phi) is 3.21. The third kappa shape index (κ3) is 2.89. The van der Waals surface area contributed by atoms with Gasteiger partial charge in [-0.1, -0.05) is 11.3 Å². The molecule has 0 fully saturated rings. The number of rotatable bonds is 2. The largest absolute Gasteiger partial charge is 0.376 e. The van der Waals surface area contributed by atoms with Crippen molar-refractivity contribution in [3.05, 3.63) is 18.2 Å². The molecule has 0 unspecified atom stereocenters. The van der Waals surface area contributed by atoms with E-state index in [9.17, 15) is 4.79 Å². The number of hydrogen-bond donors (Lipinski definition) is 3. The zero-order valence-electron chi connectivity index (χ0n) is 8.98. The summed E-state index contributed by atoms with van der Waals surface area (Å²) in [6.45, 7) is 1.45. The van der Waals surface area contributed by atoms with E-state index >= 15 is 0 Å². The maximum absolute atomic E-state index is 10.9. The molecule has 1 amide bonds. The second-order valence-corrected chi connectivity index (χ2v) is 4.84. The van der Waals surface area contributed by atoms with Crippen molar-refractivity contribution in [2.24, 2.45) is 5.73 Å². The first-order valence-corrected chi connectivity index (χ1v) is 6.02. The molecule has 2 aromatic rings. The first kappa shape index (κ1) is 11.7. The van der Waals surface area contributed by atoms with Gasteiger partial charge in [-0.15, -0.1) is 0 Å². The Hall–Kier alpha value is -1.73. The number of nitrogens with two attached hydrogens (primary N) is 1. The fourth-order valence-corrected chi connectivity index (χ4v) is 2.42. The number of hydrogen-bond acceptors (Lipinski definition) is 4. The second-order valence-electron chi connectivity index (χ2n) is 3.37. The van der Waals surface area contributed by atoms with Gasteiger partial charge in [-0.2, -0.15) is 0 Å². The lowest BCUT2D eigenvalue weighted by molar-refractivity contribution is -0.114. The molecular formula is C10H10N4OS2. The van der Waals surface area contributed by atoms with Crippen molar-refractivity contribution in [3.8, 4) is 0 Å². The highest BCUT2D eigenvalue weighted by Gasteiger charge is 2.05.